The molecular weight excluding hydrogens is 1140 g/mol. The number of sulfonamides is 1. The van der Waals surface area contributed by atoms with E-state index in [0.29, 0.717) is 39.6 Å². The van der Waals surface area contributed by atoms with Gasteiger partial charge in [-0.3, -0.25) is 9.59 Å². The molecule has 2 aliphatic heterocycles. The van der Waals surface area contributed by atoms with Crippen molar-refractivity contribution < 1.29 is 65.1 Å². The summed E-state index contributed by atoms with van der Waals surface area (Å²) >= 11 is 25.6. The van der Waals surface area contributed by atoms with Gasteiger partial charge in [0.2, 0.25) is 10.0 Å². The standard InChI is InChI=1S/C53H69Cl4N5O14S2/c1-61-32-44(42-28-38(54)30-48(56)46(42)34-61)36-4-8-40(9-5-36)77(67,68)27-3-15-71-19-23-75-24-20-72-16-12-58-52(65)50(63)51(64)53(66)59-13-17-73-21-25-76-26-22-74-18-14-60-78(69,70)41-10-6-37(7-11-41)45-33-62(2)35-47-43(45)29-39(55)31-49(47)57/h4-11,28-31,44-45,50-51,60,63-64H,3,12-27,32-35H2,1-2H3,(H,58,65)(H,59,66)/t44-,45-,50+,51+/m0/s1. The molecule has 0 unspecified atom stereocenters. The molecule has 0 radical (unpaired) electrons. The molecule has 4 aromatic rings. The van der Waals surface area contributed by atoms with Crippen molar-refractivity contribution in [2.45, 2.75) is 53.3 Å². The first-order valence-corrected chi connectivity index (χ1v) is 30.1. The Labute approximate surface area is 477 Å². The Morgan fingerprint density at radius 1 is 0.551 bits per heavy atom. The van der Waals surface area contributed by atoms with E-state index >= 15 is 0 Å². The lowest BCUT2D eigenvalue weighted by atomic mass is 9.85. The highest BCUT2D eigenvalue weighted by Gasteiger charge is 2.31. The Kier molecular flexibility index (Phi) is 25.8. The predicted octanol–water partition coefficient (Wildman–Crippen LogP) is 4.65. The number of halogens is 4. The van der Waals surface area contributed by atoms with Crippen molar-refractivity contribution in [3.05, 3.63) is 126 Å². The maximum Gasteiger partial charge on any atom is 0.252 e. The average Bonchev–Trinajstić information content (AvgIpc) is 3.47. The maximum atomic E-state index is 13.0. The molecule has 4 aromatic carbocycles. The van der Waals surface area contributed by atoms with Crippen LogP contribution in [0, 0.1) is 0 Å². The number of carbonyl (C=O) groups is 2. The van der Waals surface area contributed by atoms with Gasteiger partial charge in [0.15, 0.2) is 22.0 Å². The Bertz CT molecular complexity index is 2620. The van der Waals surface area contributed by atoms with Crippen LogP contribution in [0.5, 0.6) is 0 Å². The van der Waals surface area contributed by atoms with Crippen molar-refractivity contribution in [1.82, 2.24) is 25.2 Å². The van der Waals surface area contributed by atoms with Crippen LogP contribution in [0.15, 0.2) is 82.6 Å². The van der Waals surface area contributed by atoms with Gasteiger partial charge in [0.1, 0.15) is 0 Å². The molecule has 0 bridgehead atoms. The molecular formula is C53H69Cl4N5O14S2. The monoisotopic (exact) mass is 1200 g/mol. The van der Waals surface area contributed by atoms with Crippen molar-refractivity contribution in [2.75, 3.05) is 132 Å². The zero-order valence-corrected chi connectivity index (χ0v) is 48.3. The number of nitrogens with zero attached hydrogens (tertiary/aromatic N) is 2. The van der Waals surface area contributed by atoms with Crippen LogP contribution in [-0.4, -0.2) is 193 Å². The van der Waals surface area contributed by atoms with Gasteiger partial charge in [0, 0.05) is 84.3 Å². The fourth-order valence-corrected chi connectivity index (χ4v) is 12.4. The molecule has 0 saturated carbocycles. The van der Waals surface area contributed by atoms with E-state index < -0.39 is 43.9 Å². The van der Waals surface area contributed by atoms with Gasteiger partial charge in [-0.1, -0.05) is 70.7 Å². The highest BCUT2D eigenvalue weighted by Crippen LogP contribution is 2.40. The van der Waals surface area contributed by atoms with Gasteiger partial charge in [0.25, 0.3) is 11.8 Å². The van der Waals surface area contributed by atoms with E-state index in [-0.39, 0.29) is 126 Å². The molecule has 2 aliphatic rings. The van der Waals surface area contributed by atoms with E-state index in [2.05, 4.69) is 25.2 Å². The molecule has 0 fully saturated rings. The van der Waals surface area contributed by atoms with Crippen molar-refractivity contribution in [3.63, 3.8) is 0 Å². The number of aliphatic hydroxyl groups excluding tert-OH is 2. The number of hydrogen-bond acceptors (Lipinski definition) is 16. The van der Waals surface area contributed by atoms with Gasteiger partial charge in [0.05, 0.1) is 88.2 Å². The second-order valence-corrected chi connectivity index (χ2v) is 24.3. The summed E-state index contributed by atoms with van der Waals surface area (Å²) in [6.45, 7) is 5.27. The second kappa shape index (κ2) is 31.6. The number of amides is 2. The smallest absolute Gasteiger partial charge is 0.252 e. The normalized spacial score (nSPS) is 16.8. The zero-order chi connectivity index (χ0) is 56.2. The van der Waals surface area contributed by atoms with Crippen LogP contribution in [0.25, 0.3) is 0 Å². The van der Waals surface area contributed by atoms with E-state index in [9.17, 15) is 36.6 Å². The van der Waals surface area contributed by atoms with Gasteiger partial charge in [-0.15, -0.1) is 0 Å². The average molecular weight is 1210 g/mol. The van der Waals surface area contributed by atoms with Crippen LogP contribution in [0.4, 0.5) is 0 Å². The Morgan fingerprint density at radius 2 is 0.923 bits per heavy atom. The largest absolute Gasteiger partial charge is 0.380 e. The SMILES string of the molecule is CN1Cc2c(Cl)cc(Cl)cc2[C@H](c2ccc(S(=O)(=O)CCCOCCOCCOCCNC(=O)[C@H](O)[C@@H](O)C(=O)NCCOCCOCCOCCNS(=O)(=O)c3ccc([C@@H]4CN(C)Cc5c(Cl)cc(Cl)cc54)cc3)cc2)C1. The van der Waals surface area contributed by atoms with Gasteiger partial charge >= 0.3 is 0 Å². The third kappa shape index (κ3) is 19.3. The van der Waals surface area contributed by atoms with Gasteiger partial charge in [-0.2, -0.15) is 0 Å². The van der Waals surface area contributed by atoms with Crippen molar-refractivity contribution in [2.24, 2.45) is 0 Å². The summed E-state index contributed by atoms with van der Waals surface area (Å²) in [4.78, 5) is 29.3. The summed E-state index contributed by atoms with van der Waals surface area (Å²) in [6.07, 6.45) is -3.72. The molecule has 4 atom stereocenters. The molecule has 5 N–H and O–H groups in total. The first-order chi connectivity index (χ1) is 37.3. The lowest BCUT2D eigenvalue weighted by Crippen LogP contribution is -2.50. The van der Waals surface area contributed by atoms with Crippen LogP contribution in [0.2, 0.25) is 20.1 Å². The number of hydrogen-bond donors (Lipinski definition) is 5. The van der Waals surface area contributed by atoms with Crippen LogP contribution in [0.1, 0.15) is 51.6 Å². The van der Waals surface area contributed by atoms with Crippen molar-refractivity contribution >= 4 is 78.1 Å². The minimum absolute atomic E-state index is 0.00107. The first kappa shape index (κ1) is 63.6. The number of aliphatic hydroxyl groups is 2. The molecule has 0 spiro atoms. The molecule has 0 aliphatic carbocycles. The molecule has 78 heavy (non-hydrogen) atoms. The number of rotatable bonds is 33. The molecule has 0 aromatic heterocycles. The highest BCUT2D eigenvalue weighted by molar-refractivity contribution is 7.91. The number of sulfone groups is 1. The summed E-state index contributed by atoms with van der Waals surface area (Å²) in [5.41, 5.74) is 6.06. The predicted molar refractivity (Wildman–Crippen MR) is 297 cm³/mol. The minimum Gasteiger partial charge on any atom is -0.380 e. The zero-order valence-electron chi connectivity index (χ0n) is 43.6. The van der Waals surface area contributed by atoms with E-state index in [1.54, 1.807) is 36.4 Å². The molecule has 19 nitrogen and oxygen atoms in total. The van der Waals surface area contributed by atoms with Crippen molar-refractivity contribution in [1.29, 1.82) is 0 Å². The quantitative estimate of drug-likeness (QED) is 0.0408. The molecule has 2 amide bonds. The Balaban J connectivity index is 0.705. The lowest BCUT2D eigenvalue weighted by Gasteiger charge is -2.33. The molecule has 430 valence electrons. The lowest BCUT2D eigenvalue weighted by molar-refractivity contribution is -0.146. The number of carbonyl (C=O) groups excluding carboxylic acids is 2. The Morgan fingerprint density at radius 3 is 1.35 bits per heavy atom. The van der Waals surface area contributed by atoms with E-state index in [4.69, 9.17) is 74.8 Å². The van der Waals surface area contributed by atoms with E-state index in [1.165, 1.54) is 0 Å². The van der Waals surface area contributed by atoms with Gasteiger partial charge in [-0.05, 0) is 102 Å². The summed E-state index contributed by atoms with van der Waals surface area (Å²) in [5, 5.41) is 27.4. The van der Waals surface area contributed by atoms with Crippen LogP contribution in [-0.2, 0) is 71.0 Å². The summed E-state index contributed by atoms with van der Waals surface area (Å²) in [6, 6.07) is 21.1. The fraction of sp³-hybridized carbons (Fsp3) is 0.509. The van der Waals surface area contributed by atoms with Crippen LogP contribution in [0.3, 0.4) is 0 Å². The number of nitrogens with one attached hydrogen (secondary N) is 3. The fourth-order valence-electron chi connectivity index (χ4n) is 8.92. The molecule has 2 heterocycles. The van der Waals surface area contributed by atoms with Crippen molar-refractivity contribution in [3.8, 4) is 0 Å². The Hall–Kier alpha value is -3.56. The molecule has 0 saturated heterocycles. The van der Waals surface area contributed by atoms with E-state index in [1.807, 2.05) is 50.5 Å². The maximum absolute atomic E-state index is 13.0. The topological polar surface area (TPSA) is 241 Å². The van der Waals surface area contributed by atoms with E-state index in [0.717, 1.165) is 46.5 Å². The summed E-state index contributed by atoms with van der Waals surface area (Å²) < 4.78 is 87.2. The summed E-state index contributed by atoms with van der Waals surface area (Å²) in [5.74, 6) is -2.00. The van der Waals surface area contributed by atoms with Crippen LogP contribution >= 0.6 is 46.4 Å². The molecule has 25 heteroatoms. The highest BCUT2D eigenvalue weighted by atomic mass is 35.5. The number of ether oxygens (including phenoxy) is 6. The second-order valence-electron chi connectivity index (χ2n) is 18.8. The van der Waals surface area contributed by atoms with Gasteiger partial charge in [-0.25, -0.2) is 21.6 Å². The number of likely N-dealkylation sites (N-methyl/N-ethyl adjacent to an activating group) is 2. The third-order valence-corrected chi connectivity index (χ3v) is 17.3. The first-order valence-electron chi connectivity index (χ1n) is 25.5. The summed E-state index contributed by atoms with van der Waals surface area (Å²) in [7, 11) is -3.26. The number of fused-ring (bicyclic) bond motifs is 2. The molecule has 6 rings (SSSR count). The minimum atomic E-state index is -3.77. The third-order valence-electron chi connectivity index (χ3n) is 12.9. The number of benzene rings is 4. The van der Waals surface area contributed by atoms with Gasteiger partial charge < -0.3 is 59.1 Å². The van der Waals surface area contributed by atoms with Crippen LogP contribution < -0.4 is 15.4 Å².